The van der Waals surface area contributed by atoms with Crippen molar-refractivity contribution >= 4 is 23.5 Å². The molecule has 2 aromatic rings. The van der Waals surface area contributed by atoms with Crippen LogP contribution in [0.15, 0.2) is 24.7 Å². The second-order valence-corrected chi connectivity index (χ2v) is 11.2. The SMILES string of the molecule is CCC[C@H](N[C@H]1CCc2cc(F)cc(F)c2C1)C(=O)Nc1cn(CCNCC2(O)CCSCC2)cn1. The van der Waals surface area contributed by atoms with Crippen LogP contribution >= 0.6 is 11.8 Å². The summed E-state index contributed by atoms with van der Waals surface area (Å²) in [4.78, 5) is 17.3. The Kier molecular flexibility index (Phi) is 9.38. The Bertz CT molecular complexity index is 1030. The number of anilines is 1. The maximum atomic E-state index is 14.3. The van der Waals surface area contributed by atoms with Gasteiger partial charge in [0, 0.05) is 37.9 Å². The maximum Gasteiger partial charge on any atom is 0.242 e. The van der Waals surface area contributed by atoms with Gasteiger partial charge in [-0.05, 0) is 67.2 Å². The molecule has 1 aliphatic carbocycles. The number of hydrogen-bond donors (Lipinski definition) is 4. The molecule has 0 radical (unpaired) electrons. The van der Waals surface area contributed by atoms with Crippen molar-refractivity contribution in [1.82, 2.24) is 20.2 Å². The van der Waals surface area contributed by atoms with Crippen LogP contribution < -0.4 is 16.0 Å². The molecule has 1 fully saturated rings. The van der Waals surface area contributed by atoms with E-state index in [1.807, 2.05) is 23.3 Å². The Morgan fingerprint density at radius 3 is 2.92 bits per heavy atom. The molecule has 2 heterocycles. The predicted octanol–water partition coefficient (Wildman–Crippen LogP) is 3.26. The molecule has 0 saturated carbocycles. The summed E-state index contributed by atoms with van der Waals surface area (Å²) in [6.07, 6.45) is 8.33. The Morgan fingerprint density at radius 1 is 1.33 bits per heavy atom. The number of benzene rings is 1. The first-order valence-corrected chi connectivity index (χ1v) is 14.1. The van der Waals surface area contributed by atoms with Crippen LogP contribution in [0.3, 0.4) is 0 Å². The summed E-state index contributed by atoms with van der Waals surface area (Å²) < 4.78 is 29.7. The summed E-state index contributed by atoms with van der Waals surface area (Å²) in [5.41, 5.74) is 0.648. The Balaban J connectivity index is 1.26. The van der Waals surface area contributed by atoms with Gasteiger partial charge in [-0.2, -0.15) is 11.8 Å². The van der Waals surface area contributed by atoms with E-state index in [4.69, 9.17) is 0 Å². The third-order valence-corrected chi connectivity index (χ3v) is 8.09. The molecule has 1 aliphatic heterocycles. The number of hydrogen-bond acceptors (Lipinski definition) is 6. The predicted molar refractivity (Wildman–Crippen MR) is 139 cm³/mol. The highest BCUT2D eigenvalue weighted by Crippen LogP contribution is 2.27. The average Bonchev–Trinajstić information content (AvgIpc) is 3.29. The minimum Gasteiger partial charge on any atom is -0.389 e. The van der Waals surface area contributed by atoms with Crippen LogP contribution in [-0.2, 0) is 24.2 Å². The van der Waals surface area contributed by atoms with Crippen molar-refractivity contribution in [2.24, 2.45) is 0 Å². The van der Waals surface area contributed by atoms with Crippen LogP contribution in [0.5, 0.6) is 0 Å². The molecule has 36 heavy (non-hydrogen) atoms. The summed E-state index contributed by atoms with van der Waals surface area (Å²) in [6, 6.07) is 1.86. The van der Waals surface area contributed by atoms with E-state index < -0.39 is 23.3 Å². The van der Waals surface area contributed by atoms with Gasteiger partial charge in [0.1, 0.15) is 11.6 Å². The largest absolute Gasteiger partial charge is 0.389 e. The molecule has 0 spiro atoms. The van der Waals surface area contributed by atoms with Gasteiger partial charge < -0.3 is 25.6 Å². The minimum atomic E-state index is -0.608. The van der Waals surface area contributed by atoms with Gasteiger partial charge in [-0.25, -0.2) is 13.8 Å². The van der Waals surface area contributed by atoms with Crippen molar-refractivity contribution < 1.29 is 18.7 Å². The average molecular weight is 522 g/mol. The van der Waals surface area contributed by atoms with Crippen LogP contribution in [0, 0.1) is 11.6 Å². The molecule has 0 unspecified atom stereocenters. The number of rotatable bonds is 11. The highest BCUT2D eigenvalue weighted by molar-refractivity contribution is 7.99. The van der Waals surface area contributed by atoms with Crippen LogP contribution in [0.4, 0.5) is 14.6 Å². The third-order valence-electron chi connectivity index (χ3n) is 7.10. The maximum absolute atomic E-state index is 14.3. The number of nitrogens with one attached hydrogen (secondary N) is 3. The van der Waals surface area contributed by atoms with Crippen LogP contribution in [0.1, 0.15) is 50.2 Å². The number of halogens is 2. The standard InChI is InChI=1S/C26H37F2N5O2S/c1-2-3-23(31-20-5-4-18-12-19(27)13-22(28)21(18)14-20)25(34)32-24-15-33(17-30-24)9-8-29-16-26(35)6-10-36-11-7-26/h12-13,15,17,20,23,29,31,35H,2-11,14,16H2,1H3,(H,32,34)/t20-,23-/m0/s1. The monoisotopic (exact) mass is 521 g/mol. The van der Waals surface area contributed by atoms with Crippen molar-refractivity contribution in [2.45, 2.75) is 76.1 Å². The van der Waals surface area contributed by atoms with E-state index in [2.05, 4.69) is 20.9 Å². The van der Waals surface area contributed by atoms with E-state index in [1.54, 1.807) is 12.5 Å². The van der Waals surface area contributed by atoms with Gasteiger partial charge in [0.25, 0.3) is 0 Å². The molecular formula is C26H37F2N5O2S. The van der Waals surface area contributed by atoms with Crippen molar-refractivity contribution in [2.75, 3.05) is 29.9 Å². The number of thioether (sulfide) groups is 1. The molecule has 2 atom stereocenters. The highest BCUT2D eigenvalue weighted by atomic mass is 32.2. The molecule has 1 aromatic carbocycles. The van der Waals surface area contributed by atoms with Gasteiger partial charge in [0.2, 0.25) is 5.91 Å². The lowest BCUT2D eigenvalue weighted by molar-refractivity contribution is -0.118. The van der Waals surface area contributed by atoms with Gasteiger partial charge in [-0.1, -0.05) is 13.3 Å². The van der Waals surface area contributed by atoms with Crippen LogP contribution in [-0.4, -0.2) is 62.8 Å². The molecule has 7 nitrogen and oxygen atoms in total. The Hall–Kier alpha value is -2.01. The number of fused-ring (bicyclic) bond motifs is 1. The number of aromatic nitrogens is 2. The van der Waals surface area contributed by atoms with Crippen molar-refractivity contribution in [3.05, 3.63) is 47.4 Å². The molecule has 0 bridgehead atoms. The van der Waals surface area contributed by atoms with Crippen LogP contribution in [0.2, 0.25) is 0 Å². The number of imidazole rings is 1. The van der Waals surface area contributed by atoms with Crippen molar-refractivity contribution in [3.63, 3.8) is 0 Å². The third kappa shape index (κ3) is 7.27. The first-order valence-electron chi connectivity index (χ1n) is 12.9. The first kappa shape index (κ1) is 27.0. The van der Waals surface area contributed by atoms with E-state index in [1.165, 1.54) is 6.07 Å². The molecule has 2 aliphatic rings. The highest BCUT2D eigenvalue weighted by Gasteiger charge is 2.29. The van der Waals surface area contributed by atoms with Crippen molar-refractivity contribution in [3.8, 4) is 0 Å². The van der Waals surface area contributed by atoms with E-state index in [0.717, 1.165) is 43.3 Å². The number of nitrogens with zero attached hydrogens (tertiary/aromatic N) is 2. The second kappa shape index (κ2) is 12.5. The Morgan fingerprint density at radius 2 is 2.14 bits per heavy atom. The van der Waals surface area contributed by atoms with Gasteiger partial charge in [-0.3, -0.25) is 4.79 Å². The quantitative estimate of drug-likeness (QED) is 0.340. The summed E-state index contributed by atoms with van der Waals surface area (Å²) >= 11 is 1.89. The van der Waals surface area contributed by atoms with Crippen LogP contribution in [0.25, 0.3) is 0 Å². The van der Waals surface area contributed by atoms with Gasteiger partial charge in [0.05, 0.1) is 18.0 Å². The first-order chi connectivity index (χ1) is 17.3. The zero-order chi connectivity index (χ0) is 25.5. The zero-order valence-corrected chi connectivity index (χ0v) is 21.7. The van der Waals surface area contributed by atoms with E-state index in [-0.39, 0.29) is 11.9 Å². The summed E-state index contributed by atoms with van der Waals surface area (Å²) in [7, 11) is 0. The summed E-state index contributed by atoms with van der Waals surface area (Å²) in [5, 5.41) is 20.2. The minimum absolute atomic E-state index is 0.0547. The Labute approximate surface area is 215 Å². The molecule has 4 N–H and O–H groups in total. The number of amides is 1. The molecule has 1 saturated heterocycles. The lowest BCUT2D eigenvalue weighted by Crippen LogP contribution is -2.48. The number of aryl methyl sites for hydroxylation is 1. The number of carbonyl (C=O) groups is 1. The summed E-state index contributed by atoms with van der Waals surface area (Å²) in [6.45, 7) is 3.98. The summed E-state index contributed by atoms with van der Waals surface area (Å²) in [5.74, 6) is 1.27. The van der Waals surface area contributed by atoms with E-state index in [9.17, 15) is 18.7 Å². The van der Waals surface area contributed by atoms with Gasteiger partial charge in [-0.15, -0.1) is 0 Å². The smallest absolute Gasteiger partial charge is 0.242 e. The second-order valence-electron chi connectivity index (χ2n) is 9.97. The molecule has 1 aromatic heterocycles. The molecule has 198 valence electrons. The lowest BCUT2D eigenvalue weighted by Gasteiger charge is -2.32. The van der Waals surface area contributed by atoms with Gasteiger partial charge >= 0.3 is 0 Å². The molecule has 1 amide bonds. The van der Waals surface area contributed by atoms with Crippen molar-refractivity contribution in [1.29, 1.82) is 0 Å². The van der Waals surface area contributed by atoms with Gasteiger partial charge in [0.15, 0.2) is 5.82 Å². The molecule has 10 heteroatoms. The number of aliphatic hydroxyl groups is 1. The zero-order valence-electron chi connectivity index (χ0n) is 20.9. The molecule has 4 rings (SSSR count). The lowest BCUT2D eigenvalue weighted by atomic mass is 9.87. The fourth-order valence-corrected chi connectivity index (χ4v) is 6.26. The molecular weight excluding hydrogens is 484 g/mol. The fourth-order valence-electron chi connectivity index (χ4n) is 5.01. The fraction of sp³-hybridized carbons (Fsp3) is 0.615. The normalized spacial score (nSPS) is 20.1. The topological polar surface area (TPSA) is 91.2 Å². The van der Waals surface area contributed by atoms with E-state index in [0.29, 0.717) is 55.8 Å². The number of carbonyl (C=O) groups excluding carboxylic acids is 1. The van der Waals surface area contributed by atoms with E-state index >= 15 is 0 Å².